The molecule has 0 aromatic carbocycles. The summed E-state index contributed by atoms with van der Waals surface area (Å²) in [5, 5.41) is 81.9. The molecule has 0 radical (unpaired) electrons. The van der Waals surface area contributed by atoms with Crippen LogP contribution in [0.3, 0.4) is 0 Å². The number of ether oxygens (including phenoxy) is 4. The Morgan fingerprint density at radius 2 is 1.70 bits per heavy atom. The van der Waals surface area contributed by atoms with Crippen molar-refractivity contribution in [2.24, 2.45) is 5.92 Å². The third-order valence-corrected chi connectivity index (χ3v) is 6.00. The van der Waals surface area contributed by atoms with Crippen molar-refractivity contribution in [1.29, 1.82) is 0 Å². The molecule has 1 saturated carbocycles. The first-order valence-electron chi connectivity index (χ1n) is 9.14. The molecule has 2 aliphatic heterocycles. The van der Waals surface area contributed by atoms with Gasteiger partial charge in [-0.2, -0.15) is 0 Å². The van der Waals surface area contributed by atoms with Gasteiger partial charge in [-0.15, -0.1) is 0 Å². The topological polar surface area (TPSA) is 216 Å². The van der Waals surface area contributed by atoms with Gasteiger partial charge in [0.05, 0.1) is 19.6 Å². The smallest absolute Gasteiger partial charge is 0.339 e. The first kappa shape index (κ1) is 23.3. The maximum atomic E-state index is 12.1. The molecule has 0 aromatic rings. The van der Waals surface area contributed by atoms with Gasteiger partial charge in [0, 0.05) is 0 Å². The summed E-state index contributed by atoms with van der Waals surface area (Å²) in [6.07, 6.45) is -13.3. The Kier molecular flexibility index (Phi) is 6.16. The molecular weight excluding hydrogens is 412 g/mol. The van der Waals surface area contributed by atoms with Crippen LogP contribution < -0.4 is 0 Å². The number of esters is 1. The molecule has 0 unspecified atom stereocenters. The van der Waals surface area contributed by atoms with Crippen molar-refractivity contribution in [2.45, 2.75) is 67.3 Å². The molecule has 11 atom stereocenters. The molecule has 2 fully saturated rings. The van der Waals surface area contributed by atoms with E-state index in [0.717, 1.165) is 14.0 Å². The van der Waals surface area contributed by atoms with Gasteiger partial charge in [0.15, 0.2) is 6.29 Å². The average Bonchev–Trinajstić information content (AvgIpc) is 2.85. The van der Waals surface area contributed by atoms with E-state index in [1.165, 1.54) is 0 Å². The van der Waals surface area contributed by atoms with Crippen LogP contribution in [0.15, 0.2) is 11.8 Å². The second-order valence-electron chi connectivity index (χ2n) is 7.78. The van der Waals surface area contributed by atoms with Crippen molar-refractivity contribution >= 4 is 5.97 Å². The summed E-state index contributed by atoms with van der Waals surface area (Å²) in [5.74, 6) is -2.79. The van der Waals surface area contributed by atoms with E-state index in [1.807, 2.05) is 0 Å². The van der Waals surface area contributed by atoms with Crippen molar-refractivity contribution in [3.63, 3.8) is 0 Å². The van der Waals surface area contributed by atoms with E-state index < -0.39 is 84.5 Å². The molecule has 3 aliphatic rings. The van der Waals surface area contributed by atoms with Gasteiger partial charge in [-0.1, -0.05) is 0 Å². The fraction of sp³-hybridized carbons (Fsp3) is 0.824. The van der Waals surface area contributed by atoms with E-state index in [1.54, 1.807) is 0 Å². The molecule has 2 heterocycles. The summed E-state index contributed by atoms with van der Waals surface area (Å²) in [5.41, 5.74) is -5.43. The Hall–Kier alpha value is -1.39. The Morgan fingerprint density at radius 1 is 1.07 bits per heavy atom. The number of rotatable bonds is 4. The zero-order valence-electron chi connectivity index (χ0n) is 16.1. The normalized spacial score (nSPS) is 51.0. The van der Waals surface area contributed by atoms with E-state index in [4.69, 9.17) is 14.2 Å². The summed E-state index contributed by atoms with van der Waals surface area (Å²) in [7, 11) is 1.01. The van der Waals surface area contributed by atoms with Crippen LogP contribution in [0.2, 0.25) is 0 Å². The molecule has 0 spiro atoms. The lowest BCUT2D eigenvalue weighted by Gasteiger charge is -2.46. The number of methoxy groups -OCH3 is 1. The molecule has 13 heteroatoms. The summed E-state index contributed by atoms with van der Waals surface area (Å²) < 4.78 is 20.5. The second-order valence-corrected chi connectivity index (χ2v) is 7.78. The highest BCUT2D eigenvalue weighted by atomic mass is 16.8. The van der Waals surface area contributed by atoms with Gasteiger partial charge in [0.25, 0.3) is 0 Å². The van der Waals surface area contributed by atoms with Crippen LogP contribution in [-0.4, -0.2) is 121 Å². The van der Waals surface area contributed by atoms with Crippen molar-refractivity contribution in [2.75, 3.05) is 13.7 Å². The number of hydrogen-bond donors (Lipinski definition) is 8. The fourth-order valence-electron chi connectivity index (χ4n) is 4.24. The van der Waals surface area contributed by atoms with Gasteiger partial charge in [-0.05, 0) is 6.92 Å². The van der Waals surface area contributed by atoms with Crippen LogP contribution in [-0.2, 0) is 23.7 Å². The number of hydrogen-bond acceptors (Lipinski definition) is 13. The van der Waals surface area contributed by atoms with E-state index in [0.29, 0.717) is 6.26 Å². The summed E-state index contributed by atoms with van der Waals surface area (Å²) in [4.78, 5) is 12.1. The quantitative estimate of drug-likeness (QED) is 0.193. The highest BCUT2D eigenvalue weighted by Gasteiger charge is 2.72. The van der Waals surface area contributed by atoms with E-state index in [-0.39, 0.29) is 0 Å². The van der Waals surface area contributed by atoms with E-state index in [2.05, 4.69) is 4.74 Å². The molecule has 1 saturated heterocycles. The molecular formula is C17H26O13. The van der Waals surface area contributed by atoms with Crippen LogP contribution in [0.25, 0.3) is 0 Å². The lowest BCUT2D eigenvalue weighted by molar-refractivity contribution is -0.352. The number of fused-ring (bicyclic) bond motifs is 1. The molecule has 0 amide bonds. The van der Waals surface area contributed by atoms with Crippen LogP contribution in [0, 0.1) is 5.92 Å². The van der Waals surface area contributed by atoms with Gasteiger partial charge in [0.1, 0.15) is 59.7 Å². The summed E-state index contributed by atoms with van der Waals surface area (Å²) >= 11 is 0. The van der Waals surface area contributed by atoms with Crippen LogP contribution in [0.1, 0.15) is 6.92 Å². The SMILES string of the molecule is COC(=O)C1=CO[C@@H](O[C@@H]2O[C@H](CO)[C@@H](O)[C@H](O)[C@H]2O)[C@H]2[C@@](C)(O)[C@@H](O)[C@@H](O)[C@@]12O. The van der Waals surface area contributed by atoms with Gasteiger partial charge in [-0.3, -0.25) is 0 Å². The standard InChI is InChI=1S/C17H26O13/c1-16(25)10-15(30-14-9(21)8(20)7(19)6(3-18)29-14)28-4-5(13(24)27-2)17(10,26)12(23)11(16)22/h4,6-12,14-15,18-23,25-26H,3H2,1-2H3/t6-,7-,8+,9-,10+,11+,12-,14+,15+,16-,17-/m1/s1. The molecule has 13 nitrogen and oxygen atoms in total. The van der Waals surface area contributed by atoms with Gasteiger partial charge in [0.2, 0.25) is 6.29 Å². The van der Waals surface area contributed by atoms with E-state index >= 15 is 0 Å². The minimum Gasteiger partial charge on any atom is -0.471 e. The highest BCUT2D eigenvalue weighted by Crippen LogP contribution is 2.52. The zero-order chi connectivity index (χ0) is 22.6. The van der Waals surface area contributed by atoms with Crippen LogP contribution >= 0.6 is 0 Å². The fourth-order valence-corrected chi connectivity index (χ4v) is 4.24. The summed E-state index contributed by atoms with van der Waals surface area (Å²) in [6.45, 7) is 0.335. The minimum absolute atomic E-state index is 0.590. The van der Waals surface area contributed by atoms with Crippen molar-refractivity contribution in [3.05, 3.63) is 11.8 Å². The lowest BCUT2D eigenvalue weighted by Crippen LogP contribution is -2.63. The van der Waals surface area contributed by atoms with Gasteiger partial charge in [-0.25, -0.2) is 4.79 Å². The maximum absolute atomic E-state index is 12.1. The lowest BCUT2D eigenvalue weighted by atomic mass is 9.76. The molecule has 0 bridgehead atoms. The molecule has 8 N–H and O–H groups in total. The van der Waals surface area contributed by atoms with Crippen molar-refractivity contribution in [3.8, 4) is 0 Å². The molecule has 1 aliphatic carbocycles. The average molecular weight is 438 g/mol. The Balaban J connectivity index is 1.96. The van der Waals surface area contributed by atoms with Crippen molar-refractivity contribution < 1.29 is 64.6 Å². The predicted octanol–water partition coefficient (Wildman–Crippen LogP) is -4.95. The van der Waals surface area contributed by atoms with Gasteiger partial charge < -0.3 is 59.8 Å². The van der Waals surface area contributed by atoms with Gasteiger partial charge >= 0.3 is 5.97 Å². The zero-order valence-corrected chi connectivity index (χ0v) is 16.1. The number of carbonyl (C=O) groups is 1. The minimum atomic E-state index is -2.58. The predicted molar refractivity (Wildman–Crippen MR) is 90.9 cm³/mol. The Morgan fingerprint density at radius 3 is 2.27 bits per heavy atom. The molecule has 30 heavy (non-hydrogen) atoms. The highest BCUT2D eigenvalue weighted by molar-refractivity contribution is 5.91. The van der Waals surface area contributed by atoms with E-state index in [9.17, 15) is 45.6 Å². The first-order valence-corrected chi connectivity index (χ1v) is 9.14. The van der Waals surface area contributed by atoms with Crippen molar-refractivity contribution in [1.82, 2.24) is 0 Å². The molecule has 0 aromatic heterocycles. The Bertz CT molecular complexity index is 693. The second kappa shape index (κ2) is 7.94. The number of aliphatic hydroxyl groups excluding tert-OH is 6. The summed E-state index contributed by atoms with van der Waals surface area (Å²) in [6, 6.07) is 0. The number of carbonyl (C=O) groups excluding carboxylic acids is 1. The molecule has 172 valence electrons. The third-order valence-electron chi connectivity index (χ3n) is 6.00. The molecule has 3 rings (SSSR count). The van der Waals surface area contributed by atoms with Crippen LogP contribution in [0.4, 0.5) is 0 Å². The monoisotopic (exact) mass is 438 g/mol. The third kappa shape index (κ3) is 3.22. The maximum Gasteiger partial charge on any atom is 0.339 e. The number of aliphatic hydroxyl groups is 8. The first-order chi connectivity index (χ1) is 13.9. The van der Waals surface area contributed by atoms with Crippen LogP contribution in [0.5, 0.6) is 0 Å². The largest absolute Gasteiger partial charge is 0.471 e. The Labute approximate surface area is 170 Å².